The number of nitrogens with zero attached hydrogens (tertiary/aromatic N) is 1. The molecule has 0 unspecified atom stereocenters. The van der Waals surface area contributed by atoms with Gasteiger partial charge in [0.05, 0.1) is 24.4 Å². The third-order valence-electron chi connectivity index (χ3n) is 4.60. The van der Waals surface area contributed by atoms with E-state index in [0.717, 1.165) is 33.7 Å². The molecule has 0 bridgehead atoms. The molecule has 3 aromatic carbocycles. The molecule has 6 heteroatoms. The highest BCUT2D eigenvalue weighted by molar-refractivity contribution is 7.22. The Labute approximate surface area is 172 Å². The lowest BCUT2D eigenvalue weighted by Gasteiger charge is -2.06. The normalized spacial score (nSPS) is 10.7. The molecule has 4 rings (SSSR count). The van der Waals surface area contributed by atoms with Crippen molar-refractivity contribution in [1.29, 1.82) is 0 Å². The summed E-state index contributed by atoms with van der Waals surface area (Å²) in [4.78, 5) is 17.0. The number of carbonyl (C=O) groups excluding carboxylic acids is 1. The van der Waals surface area contributed by atoms with E-state index >= 15 is 0 Å². The molecule has 0 aliphatic carbocycles. The topological polar surface area (TPSA) is 60.5 Å². The van der Waals surface area contributed by atoms with Crippen molar-refractivity contribution in [3.63, 3.8) is 0 Å². The maximum Gasteiger partial charge on any atom is 0.257 e. The summed E-state index contributed by atoms with van der Waals surface area (Å²) in [5, 5.41) is 3.45. The monoisotopic (exact) mass is 404 g/mol. The molecule has 0 fully saturated rings. The molecule has 1 N–H and O–H groups in total. The number of methoxy groups -OCH3 is 2. The molecular formula is C23H20N2O3S. The fraction of sp³-hybridized carbons (Fsp3) is 0.130. The van der Waals surface area contributed by atoms with Gasteiger partial charge in [-0.05, 0) is 60.0 Å². The Bertz CT molecular complexity index is 1140. The first kappa shape index (κ1) is 19.0. The number of fused-ring (bicyclic) bond motifs is 1. The molecular weight excluding hydrogens is 384 g/mol. The van der Waals surface area contributed by atoms with E-state index in [1.165, 1.54) is 16.9 Å². The summed E-state index contributed by atoms with van der Waals surface area (Å²) < 4.78 is 11.4. The van der Waals surface area contributed by atoms with E-state index in [1.807, 2.05) is 66.7 Å². The number of hydrogen-bond acceptors (Lipinski definition) is 5. The zero-order valence-electron chi connectivity index (χ0n) is 16.1. The molecule has 1 amide bonds. The molecule has 0 spiro atoms. The van der Waals surface area contributed by atoms with Gasteiger partial charge < -0.3 is 9.47 Å². The summed E-state index contributed by atoms with van der Waals surface area (Å²) >= 11 is 1.42. The van der Waals surface area contributed by atoms with Gasteiger partial charge in [0.2, 0.25) is 0 Å². The van der Waals surface area contributed by atoms with Crippen LogP contribution in [-0.4, -0.2) is 25.1 Å². The van der Waals surface area contributed by atoms with Gasteiger partial charge in [0.1, 0.15) is 11.5 Å². The molecule has 0 saturated heterocycles. The molecule has 4 aromatic rings. The summed E-state index contributed by atoms with van der Waals surface area (Å²) in [7, 11) is 3.28. The van der Waals surface area contributed by atoms with Crippen molar-refractivity contribution in [2.24, 2.45) is 0 Å². The van der Waals surface area contributed by atoms with Crippen LogP contribution in [0.3, 0.4) is 0 Å². The van der Waals surface area contributed by atoms with Crippen LogP contribution < -0.4 is 14.8 Å². The standard InChI is InChI=1S/C23H20N2O3S/c1-27-18-9-5-16(6-10-18)13-15-3-7-17(8-4-15)22(26)25-23-24-20-12-11-19(28-2)14-21(20)29-23/h3-12,14H,13H2,1-2H3,(H,24,25,26). The van der Waals surface area contributed by atoms with Crippen LogP contribution in [0.15, 0.2) is 66.7 Å². The highest BCUT2D eigenvalue weighted by Crippen LogP contribution is 2.29. The molecule has 0 aliphatic rings. The highest BCUT2D eigenvalue weighted by Gasteiger charge is 2.11. The summed E-state index contributed by atoms with van der Waals surface area (Å²) in [6, 6.07) is 21.3. The number of hydrogen-bond donors (Lipinski definition) is 1. The minimum Gasteiger partial charge on any atom is -0.497 e. The molecule has 1 aromatic heterocycles. The molecule has 0 aliphatic heterocycles. The molecule has 5 nitrogen and oxygen atoms in total. The van der Waals surface area contributed by atoms with E-state index in [2.05, 4.69) is 10.3 Å². The SMILES string of the molecule is COc1ccc(Cc2ccc(C(=O)Nc3nc4ccc(OC)cc4s3)cc2)cc1. The van der Waals surface area contributed by atoms with E-state index < -0.39 is 0 Å². The third-order valence-corrected chi connectivity index (χ3v) is 5.53. The highest BCUT2D eigenvalue weighted by atomic mass is 32.1. The number of thiazole rings is 1. The second-order valence-electron chi connectivity index (χ2n) is 6.53. The second kappa shape index (κ2) is 8.32. The minimum absolute atomic E-state index is 0.174. The van der Waals surface area contributed by atoms with Gasteiger partial charge in [0.15, 0.2) is 5.13 Å². The Morgan fingerprint density at radius 2 is 1.52 bits per heavy atom. The van der Waals surface area contributed by atoms with Gasteiger partial charge in [0.25, 0.3) is 5.91 Å². The smallest absolute Gasteiger partial charge is 0.257 e. The minimum atomic E-state index is -0.174. The lowest BCUT2D eigenvalue weighted by atomic mass is 10.0. The zero-order chi connectivity index (χ0) is 20.2. The van der Waals surface area contributed by atoms with Gasteiger partial charge in [-0.1, -0.05) is 35.6 Å². The number of ether oxygens (including phenoxy) is 2. The second-order valence-corrected chi connectivity index (χ2v) is 7.56. The maximum atomic E-state index is 12.6. The Morgan fingerprint density at radius 3 is 2.17 bits per heavy atom. The maximum absolute atomic E-state index is 12.6. The van der Waals surface area contributed by atoms with Crippen LogP contribution in [-0.2, 0) is 6.42 Å². The van der Waals surface area contributed by atoms with Crippen LogP contribution in [0.4, 0.5) is 5.13 Å². The molecule has 1 heterocycles. The average Bonchev–Trinajstić information content (AvgIpc) is 3.16. The molecule has 29 heavy (non-hydrogen) atoms. The number of rotatable bonds is 6. The predicted molar refractivity (Wildman–Crippen MR) is 116 cm³/mol. The molecule has 0 atom stereocenters. The molecule has 146 valence electrons. The summed E-state index contributed by atoms with van der Waals surface area (Å²) in [5.74, 6) is 1.44. The fourth-order valence-electron chi connectivity index (χ4n) is 3.01. The fourth-order valence-corrected chi connectivity index (χ4v) is 3.90. The van der Waals surface area contributed by atoms with Crippen molar-refractivity contribution in [2.45, 2.75) is 6.42 Å². The first-order chi connectivity index (χ1) is 14.1. The molecule has 0 saturated carbocycles. The Morgan fingerprint density at radius 1 is 0.897 bits per heavy atom. The Hall–Kier alpha value is -3.38. The van der Waals surface area contributed by atoms with Crippen LogP contribution in [0.2, 0.25) is 0 Å². The quantitative estimate of drug-likeness (QED) is 0.482. The van der Waals surface area contributed by atoms with Gasteiger partial charge in [-0.3, -0.25) is 10.1 Å². The number of benzene rings is 3. The Kier molecular flexibility index (Phi) is 5.44. The van der Waals surface area contributed by atoms with E-state index in [4.69, 9.17) is 9.47 Å². The number of aromatic nitrogens is 1. The first-order valence-corrected chi connectivity index (χ1v) is 9.94. The lowest BCUT2D eigenvalue weighted by molar-refractivity contribution is 0.102. The first-order valence-electron chi connectivity index (χ1n) is 9.12. The zero-order valence-corrected chi connectivity index (χ0v) is 17.0. The van der Waals surface area contributed by atoms with Gasteiger partial charge in [-0.15, -0.1) is 0 Å². The van der Waals surface area contributed by atoms with Gasteiger partial charge >= 0.3 is 0 Å². The van der Waals surface area contributed by atoms with Crippen molar-refractivity contribution in [3.05, 3.63) is 83.4 Å². The number of amides is 1. The van der Waals surface area contributed by atoms with E-state index in [9.17, 15) is 4.79 Å². The van der Waals surface area contributed by atoms with Gasteiger partial charge in [-0.2, -0.15) is 0 Å². The van der Waals surface area contributed by atoms with Crippen LogP contribution in [0.25, 0.3) is 10.2 Å². The lowest BCUT2D eigenvalue weighted by Crippen LogP contribution is -2.11. The summed E-state index contributed by atoms with van der Waals surface area (Å²) in [6.45, 7) is 0. The van der Waals surface area contributed by atoms with Crippen LogP contribution in [0, 0.1) is 0 Å². The van der Waals surface area contributed by atoms with Gasteiger partial charge in [-0.25, -0.2) is 4.98 Å². The van der Waals surface area contributed by atoms with Crippen molar-refractivity contribution in [3.8, 4) is 11.5 Å². The average molecular weight is 404 g/mol. The van der Waals surface area contributed by atoms with Gasteiger partial charge in [0, 0.05) is 5.56 Å². The number of anilines is 1. The summed E-state index contributed by atoms with van der Waals surface area (Å²) in [6.07, 6.45) is 0.797. The third kappa shape index (κ3) is 4.38. The van der Waals surface area contributed by atoms with E-state index in [1.54, 1.807) is 14.2 Å². The van der Waals surface area contributed by atoms with Crippen molar-refractivity contribution < 1.29 is 14.3 Å². The largest absolute Gasteiger partial charge is 0.497 e. The number of carbonyl (C=O) groups is 1. The van der Waals surface area contributed by atoms with Crippen LogP contribution in [0.1, 0.15) is 21.5 Å². The Balaban J connectivity index is 1.43. The van der Waals surface area contributed by atoms with E-state index in [0.29, 0.717) is 10.7 Å². The molecule has 0 radical (unpaired) electrons. The van der Waals surface area contributed by atoms with Crippen molar-refractivity contribution in [1.82, 2.24) is 4.98 Å². The number of nitrogens with one attached hydrogen (secondary N) is 1. The van der Waals surface area contributed by atoms with Crippen LogP contribution in [0.5, 0.6) is 11.5 Å². The summed E-state index contributed by atoms with van der Waals surface area (Å²) in [5.41, 5.74) is 3.76. The van der Waals surface area contributed by atoms with Crippen molar-refractivity contribution in [2.75, 3.05) is 19.5 Å². The van der Waals surface area contributed by atoms with Crippen LogP contribution >= 0.6 is 11.3 Å². The van der Waals surface area contributed by atoms with Crippen molar-refractivity contribution >= 4 is 32.6 Å². The predicted octanol–water partition coefficient (Wildman–Crippen LogP) is 5.16. The van der Waals surface area contributed by atoms with E-state index in [-0.39, 0.29) is 5.91 Å².